The molecule has 0 spiro atoms. The number of hydrogen-bond donors (Lipinski definition) is 1. The van der Waals surface area contributed by atoms with Crippen LogP contribution in [0.25, 0.3) is 0 Å². The van der Waals surface area contributed by atoms with Crippen LogP contribution in [0.3, 0.4) is 0 Å². The molecule has 2 fully saturated rings. The third-order valence-corrected chi connectivity index (χ3v) is 5.44. The molecule has 3 rings (SSSR count). The maximum atomic E-state index is 12.7. The van der Waals surface area contributed by atoms with E-state index in [1.807, 2.05) is 24.2 Å². The fraction of sp³-hybridized carbons (Fsp3) is 0.684. The summed E-state index contributed by atoms with van der Waals surface area (Å²) in [5, 5.41) is 3.44. The molecule has 140 valence electrons. The van der Waals surface area contributed by atoms with Crippen molar-refractivity contribution in [3.63, 3.8) is 0 Å². The number of halogens is 1. The van der Waals surface area contributed by atoms with Crippen LogP contribution >= 0.6 is 12.4 Å². The first-order valence-corrected chi connectivity index (χ1v) is 9.32. The van der Waals surface area contributed by atoms with Crippen molar-refractivity contribution < 1.29 is 4.79 Å². The summed E-state index contributed by atoms with van der Waals surface area (Å²) >= 11 is 0. The van der Waals surface area contributed by atoms with Crippen molar-refractivity contribution in [3.05, 3.63) is 30.1 Å². The predicted octanol–water partition coefficient (Wildman–Crippen LogP) is 2.49. The van der Waals surface area contributed by atoms with E-state index in [4.69, 9.17) is 0 Å². The van der Waals surface area contributed by atoms with Crippen LogP contribution in [-0.4, -0.2) is 60.5 Å². The van der Waals surface area contributed by atoms with Crippen LogP contribution in [0.1, 0.15) is 43.7 Å². The number of hydrogen-bond acceptors (Lipinski definition) is 4. The predicted molar refractivity (Wildman–Crippen MR) is 103 cm³/mol. The molecule has 1 unspecified atom stereocenters. The van der Waals surface area contributed by atoms with Crippen molar-refractivity contribution >= 4 is 18.3 Å². The third-order valence-electron chi connectivity index (χ3n) is 5.44. The van der Waals surface area contributed by atoms with E-state index < -0.39 is 0 Å². The normalized spacial score (nSPS) is 22.2. The Morgan fingerprint density at radius 1 is 1.36 bits per heavy atom. The van der Waals surface area contributed by atoms with Gasteiger partial charge in [-0.15, -0.1) is 12.4 Å². The third kappa shape index (κ3) is 5.66. The highest BCUT2D eigenvalue weighted by Crippen LogP contribution is 2.25. The number of carbonyl (C=O) groups is 1. The van der Waals surface area contributed by atoms with E-state index in [-0.39, 0.29) is 24.4 Å². The first-order chi connectivity index (χ1) is 11.7. The maximum absolute atomic E-state index is 12.7. The lowest BCUT2D eigenvalue weighted by Crippen LogP contribution is -2.50. The van der Waals surface area contributed by atoms with Crippen molar-refractivity contribution in [1.82, 2.24) is 20.1 Å². The zero-order valence-electron chi connectivity index (χ0n) is 15.2. The fourth-order valence-electron chi connectivity index (χ4n) is 3.99. The molecule has 1 aromatic heterocycles. The minimum absolute atomic E-state index is 0. The number of carbonyl (C=O) groups excluding carboxylic acids is 1. The Kier molecular flexibility index (Phi) is 8.13. The zero-order valence-corrected chi connectivity index (χ0v) is 16.0. The number of amides is 1. The summed E-state index contributed by atoms with van der Waals surface area (Å²) in [6.45, 7) is 4.15. The minimum Gasteiger partial charge on any atom is -0.344 e. The lowest BCUT2D eigenvalue weighted by atomic mass is 9.89. The second-order valence-corrected chi connectivity index (χ2v) is 7.26. The van der Waals surface area contributed by atoms with E-state index in [2.05, 4.69) is 21.3 Å². The number of likely N-dealkylation sites (N-methyl/N-ethyl adjacent to an activating group) is 1. The zero-order chi connectivity index (χ0) is 16.8. The summed E-state index contributed by atoms with van der Waals surface area (Å²) in [7, 11) is 1.97. The first-order valence-electron chi connectivity index (χ1n) is 9.32. The van der Waals surface area contributed by atoms with Gasteiger partial charge in [0.25, 0.3) is 0 Å². The molecule has 1 aliphatic heterocycles. The Balaban J connectivity index is 0.00000225. The fourth-order valence-corrected chi connectivity index (χ4v) is 3.99. The molecule has 1 N–H and O–H groups in total. The van der Waals surface area contributed by atoms with E-state index in [1.54, 1.807) is 6.20 Å². The molecular formula is C19H31ClN4O. The van der Waals surface area contributed by atoms with E-state index in [0.717, 1.165) is 26.2 Å². The average molecular weight is 367 g/mol. The van der Waals surface area contributed by atoms with Crippen LogP contribution in [-0.2, 0) is 4.79 Å². The van der Waals surface area contributed by atoms with Gasteiger partial charge in [-0.1, -0.05) is 25.3 Å². The molecule has 0 radical (unpaired) electrons. The molecule has 2 aliphatic rings. The second-order valence-electron chi connectivity index (χ2n) is 7.26. The Labute approximate surface area is 157 Å². The lowest BCUT2D eigenvalue weighted by Gasteiger charge is -2.37. The monoisotopic (exact) mass is 366 g/mol. The average Bonchev–Trinajstić information content (AvgIpc) is 2.63. The minimum atomic E-state index is 0. The SMILES string of the molecule is CN(CC1CCCCC1)C(=O)CN1CCNCC1c1cccnc1.Cl. The van der Waals surface area contributed by atoms with E-state index in [0.29, 0.717) is 12.5 Å². The number of pyridine rings is 1. The lowest BCUT2D eigenvalue weighted by molar-refractivity contribution is -0.132. The van der Waals surface area contributed by atoms with Gasteiger partial charge in [-0.25, -0.2) is 0 Å². The Morgan fingerprint density at radius 2 is 2.16 bits per heavy atom. The number of nitrogens with zero attached hydrogens (tertiary/aromatic N) is 3. The second kappa shape index (κ2) is 10.1. The summed E-state index contributed by atoms with van der Waals surface area (Å²) in [5.41, 5.74) is 1.19. The van der Waals surface area contributed by atoms with E-state index in [9.17, 15) is 4.79 Å². The van der Waals surface area contributed by atoms with Crippen molar-refractivity contribution in [3.8, 4) is 0 Å². The molecular weight excluding hydrogens is 336 g/mol. The van der Waals surface area contributed by atoms with Crippen molar-refractivity contribution in [1.29, 1.82) is 0 Å². The van der Waals surface area contributed by atoms with Gasteiger partial charge >= 0.3 is 0 Å². The van der Waals surface area contributed by atoms with Crippen molar-refractivity contribution in [2.45, 2.75) is 38.1 Å². The Hall–Kier alpha value is -1.17. The molecule has 0 aromatic carbocycles. The summed E-state index contributed by atoms with van der Waals surface area (Å²) in [6, 6.07) is 4.31. The smallest absolute Gasteiger partial charge is 0.236 e. The van der Waals surface area contributed by atoms with Crippen LogP contribution < -0.4 is 5.32 Å². The Bertz CT molecular complexity index is 521. The summed E-state index contributed by atoms with van der Waals surface area (Å²) in [5.74, 6) is 0.946. The van der Waals surface area contributed by atoms with Crippen molar-refractivity contribution in [2.24, 2.45) is 5.92 Å². The van der Waals surface area contributed by atoms with E-state index >= 15 is 0 Å². The molecule has 5 nitrogen and oxygen atoms in total. The van der Waals surface area contributed by atoms with Gasteiger partial charge in [0.15, 0.2) is 0 Å². The van der Waals surface area contributed by atoms with Crippen LogP contribution in [0, 0.1) is 5.92 Å². The highest BCUT2D eigenvalue weighted by molar-refractivity contribution is 5.85. The highest BCUT2D eigenvalue weighted by atomic mass is 35.5. The molecule has 1 saturated heterocycles. The molecule has 6 heteroatoms. The van der Waals surface area contributed by atoms with E-state index in [1.165, 1.54) is 37.7 Å². The summed E-state index contributed by atoms with van der Waals surface area (Å²) in [6.07, 6.45) is 10.3. The number of rotatable bonds is 5. The molecule has 2 heterocycles. The summed E-state index contributed by atoms with van der Waals surface area (Å²) in [4.78, 5) is 21.2. The van der Waals surface area contributed by atoms with Gasteiger partial charge in [0, 0.05) is 51.7 Å². The molecule has 25 heavy (non-hydrogen) atoms. The number of piperazine rings is 1. The topological polar surface area (TPSA) is 48.5 Å². The van der Waals surface area contributed by atoms with Gasteiger partial charge in [0.2, 0.25) is 5.91 Å². The van der Waals surface area contributed by atoms with Crippen LogP contribution in [0.5, 0.6) is 0 Å². The Morgan fingerprint density at radius 3 is 2.88 bits per heavy atom. The quantitative estimate of drug-likeness (QED) is 0.869. The highest BCUT2D eigenvalue weighted by Gasteiger charge is 2.27. The molecule has 1 atom stereocenters. The summed E-state index contributed by atoms with van der Waals surface area (Å²) < 4.78 is 0. The van der Waals surface area contributed by atoms with Crippen LogP contribution in [0.2, 0.25) is 0 Å². The van der Waals surface area contributed by atoms with Gasteiger partial charge < -0.3 is 10.2 Å². The van der Waals surface area contributed by atoms with Gasteiger partial charge in [-0.05, 0) is 30.4 Å². The molecule has 1 saturated carbocycles. The number of nitrogens with one attached hydrogen (secondary N) is 1. The first kappa shape index (κ1) is 20.1. The maximum Gasteiger partial charge on any atom is 0.236 e. The molecule has 0 bridgehead atoms. The van der Waals surface area contributed by atoms with Gasteiger partial charge in [0.05, 0.1) is 6.54 Å². The van der Waals surface area contributed by atoms with Gasteiger partial charge in [0.1, 0.15) is 0 Å². The van der Waals surface area contributed by atoms with Crippen LogP contribution in [0.15, 0.2) is 24.5 Å². The largest absolute Gasteiger partial charge is 0.344 e. The molecule has 1 amide bonds. The van der Waals surface area contributed by atoms with Gasteiger partial charge in [-0.2, -0.15) is 0 Å². The van der Waals surface area contributed by atoms with Crippen molar-refractivity contribution in [2.75, 3.05) is 39.8 Å². The molecule has 1 aromatic rings. The van der Waals surface area contributed by atoms with Gasteiger partial charge in [-0.3, -0.25) is 14.7 Å². The molecule has 1 aliphatic carbocycles. The number of aromatic nitrogens is 1. The standard InChI is InChI=1S/C19H30N4O.ClH/c1-22(14-16-6-3-2-4-7-16)19(24)15-23-11-10-21-13-18(23)17-8-5-9-20-12-17;/h5,8-9,12,16,18,21H,2-4,6-7,10-11,13-15H2,1H3;1H. The van der Waals surface area contributed by atoms with Crippen LogP contribution in [0.4, 0.5) is 0 Å².